The van der Waals surface area contributed by atoms with E-state index in [9.17, 15) is 25.1 Å². The van der Waals surface area contributed by atoms with Gasteiger partial charge in [0.05, 0.1) is 16.7 Å². The highest BCUT2D eigenvalue weighted by atomic mass is 16.6. The van der Waals surface area contributed by atoms with Crippen LogP contribution in [0, 0.1) is 17.0 Å². The number of ether oxygens (including phenoxy) is 1. The summed E-state index contributed by atoms with van der Waals surface area (Å²) >= 11 is 0. The number of hydrogen-bond donors (Lipinski definition) is 3. The van der Waals surface area contributed by atoms with Crippen molar-refractivity contribution < 1.29 is 24.7 Å². The summed E-state index contributed by atoms with van der Waals surface area (Å²) in [6, 6.07) is 17.4. The predicted molar refractivity (Wildman–Crippen MR) is 124 cm³/mol. The maximum Gasteiger partial charge on any atom is 0.407 e. The highest BCUT2D eigenvalue weighted by Gasteiger charge is 2.29. The molecule has 0 saturated heterocycles. The van der Waals surface area contributed by atoms with Crippen molar-refractivity contribution in [3.8, 4) is 11.1 Å². The van der Waals surface area contributed by atoms with Gasteiger partial charge in [0, 0.05) is 18.5 Å². The van der Waals surface area contributed by atoms with Gasteiger partial charge in [-0.1, -0.05) is 48.5 Å². The van der Waals surface area contributed by atoms with Crippen molar-refractivity contribution in [2.45, 2.75) is 31.5 Å². The number of nitrogens with zero attached hydrogens (tertiary/aromatic N) is 2. The molecule has 2 unspecified atom stereocenters. The maximum atomic E-state index is 12.2. The molecule has 1 heterocycles. The number of aliphatic hydroxyl groups excluding tert-OH is 2. The molecule has 176 valence electrons. The predicted octanol–water partition coefficient (Wildman–Crippen LogP) is 3.62. The van der Waals surface area contributed by atoms with E-state index in [1.165, 1.54) is 6.07 Å². The molecule has 1 aromatic heterocycles. The van der Waals surface area contributed by atoms with Crippen LogP contribution >= 0.6 is 0 Å². The van der Waals surface area contributed by atoms with Crippen LogP contribution in [0.4, 0.5) is 10.5 Å². The summed E-state index contributed by atoms with van der Waals surface area (Å²) in [6.07, 6.45) is -2.10. The summed E-state index contributed by atoms with van der Waals surface area (Å²) in [4.78, 5) is 26.4. The third kappa shape index (κ3) is 4.75. The molecule has 0 spiro atoms. The highest BCUT2D eigenvalue weighted by molar-refractivity contribution is 5.79. The fourth-order valence-electron chi connectivity index (χ4n) is 4.29. The third-order valence-corrected chi connectivity index (χ3v) is 6.01. The van der Waals surface area contributed by atoms with Crippen molar-refractivity contribution in [3.63, 3.8) is 0 Å². The van der Waals surface area contributed by atoms with Gasteiger partial charge in [0.1, 0.15) is 18.9 Å². The molecule has 0 fully saturated rings. The number of nitro groups is 1. The summed E-state index contributed by atoms with van der Waals surface area (Å²) in [6.45, 7) is 1.82. The van der Waals surface area contributed by atoms with Crippen LogP contribution in [0.25, 0.3) is 11.1 Å². The Bertz CT molecular complexity index is 1170. The van der Waals surface area contributed by atoms with Crippen LogP contribution in [-0.2, 0) is 4.74 Å². The van der Waals surface area contributed by atoms with E-state index >= 15 is 0 Å². The zero-order valence-corrected chi connectivity index (χ0v) is 18.5. The van der Waals surface area contributed by atoms with E-state index in [1.54, 1.807) is 6.92 Å². The van der Waals surface area contributed by atoms with E-state index in [2.05, 4.69) is 22.4 Å². The molecule has 0 radical (unpaired) electrons. The molecule has 1 aliphatic carbocycles. The van der Waals surface area contributed by atoms with Crippen LogP contribution in [-0.4, -0.2) is 45.5 Å². The second-order valence-corrected chi connectivity index (χ2v) is 8.21. The molecule has 2 aromatic carbocycles. The van der Waals surface area contributed by atoms with Crippen LogP contribution in [0.1, 0.15) is 40.8 Å². The van der Waals surface area contributed by atoms with Crippen LogP contribution in [0.2, 0.25) is 0 Å². The van der Waals surface area contributed by atoms with Crippen molar-refractivity contribution in [2.24, 2.45) is 0 Å². The molecule has 2 atom stereocenters. The largest absolute Gasteiger partial charge is 0.449 e. The monoisotopic (exact) mass is 463 g/mol. The first-order valence-corrected chi connectivity index (χ1v) is 10.9. The Labute approximate surface area is 196 Å². The quantitative estimate of drug-likeness (QED) is 0.343. The third-order valence-electron chi connectivity index (χ3n) is 6.01. The van der Waals surface area contributed by atoms with Gasteiger partial charge in [-0.2, -0.15) is 0 Å². The molecule has 0 bridgehead atoms. The Morgan fingerprint density at radius 1 is 1.15 bits per heavy atom. The van der Waals surface area contributed by atoms with Gasteiger partial charge in [-0.25, -0.2) is 4.79 Å². The van der Waals surface area contributed by atoms with Gasteiger partial charge in [-0.05, 0) is 41.2 Å². The second-order valence-electron chi connectivity index (χ2n) is 8.21. The van der Waals surface area contributed by atoms with E-state index in [4.69, 9.17) is 4.74 Å². The Hall–Kier alpha value is -3.82. The van der Waals surface area contributed by atoms with Crippen molar-refractivity contribution in [3.05, 3.63) is 93.3 Å². The zero-order valence-electron chi connectivity index (χ0n) is 18.5. The van der Waals surface area contributed by atoms with Gasteiger partial charge in [-0.15, -0.1) is 0 Å². The number of amides is 1. The lowest BCUT2D eigenvalue weighted by Crippen LogP contribution is -2.31. The van der Waals surface area contributed by atoms with Gasteiger partial charge in [-0.3, -0.25) is 15.1 Å². The molecule has 0 saturated carbocycles. The summed E-state index contributed by atoms with van der Waals surface area (Å²) in [5.74, 6) is -0.0539. The number of aromatic nitrogens is 1. The first-order chi connectivity index (χ1) is 16.4. The van der Waals surface area contributed by atoms with E-state index < -0.39 is 23.2 Å². The summed E-state index contributed by atoms with van der Waals surface area (Å²) < 4.78 is 5.45. The molecule has 4 rings (SSSR count). The molecule has 34 heavy (non-hydrogen) atoms. The highest BCUT2D eigenvalue weighted by Crippen LogP contribution is 2.44. The zero-order chi connectivity index (χ0) is 24.2. The maximum absolute atomic E-state index is 12.2. The van der Waals surface area contributed by atoms with Gasteiger partial charge in [0.25, 0.3) is 5.69 Å². The fraction of sp³-hybridized carbons (Fsp3) is 0.280. The van der Waals surface area contributed by atoms with Crippen LogP contribution in [0.5, 0.6) is 0 Å². The van der Waals surface area contributed by atoms with Crippen LogP contribution < -0.4 is 5.32 Å². The number of alkyl carbamates (subject to hydrolysis) is 1. The summed E-state index contributed by atoms with van der Waals surface area (Å²) in [5.41, 5.74) is 4.85. The molecule has 1 amide bonds. The number of benzene rings is 2. The summed E-state index contributed by atoms with van der Waals surface area (Å²) in [7, 11) is 0. The Kier molecular flexibility index (Phi) is 6.85. The molecule has 3 aromatic rings. The average Bonchev–Trinajstić information content (AvgIpc) is 3.16. The lowest BCUT2D eigenvalue weighted by molar-refractivity contribution is -0.385. The van der Waals surface area contributed by atoms with Crippen molar-refractivity contribution in [1.82, 2.24) is 10.3 Å². The Balaban J connectivity index is 1.28. The number of rotatable bonds is 8. The van der Waals surface area contributed by atoms with Crippen LogP contribution in [0.15, 0.2) is 60.8 Å². The topological polar surface area (TPSA) is 135 Å². The summed E-state index contributed by atoms with van der Waals surface area (Å²) in [5, 5.41) is 34.1. The number of hydrogen-bond acceptors (Lipinski definition) is 7. The minimum absolute atomic E-state index is 0.0451. The Morgan fingerprint density at radius 3 is 2.35 bits per heavy atom. The lowest BCUT2D eigenvalue weighted by atomic mass is 9.98. The number of fused-ring (bicyclic) bond motifs is 3. The number of pyridine rings is 1. The van der Waals surface area contributed by atoms with Crippen molar-refractivity contribution in [2.75, 3.05) is 13.2 Å². The number of carbonyl (C=O) groups excluding carboxylic acids is 1. The molecular formula is C25H25N3O6. The van der Waals surface area contributed by atoms with Crippen molar-refractivity contribution in [1.29, 1.82) is 0 Å². The molecule has 0 aliphatic heterocycles. The average molecular weight is 463 g/mol. The van der Waals surface area contributed by atoms with E-state index in [0.717, 1.165) is 28.5 Å². The first-order valence-electron chi connectivity index (χ1n) is 10.9. The normalized spacial score (nSPS) is 14.1. The van der Waals surface area contributed by atoms with E-state index in [1.807, 2.05) is 36.4 Å². The number of nitrogens with one attached hydrogen (secondary N) is 1. The van der Waals surface area contributed by atoms with E-state index in [-0.39, 0.29) is 36.9 Å². The molecule has 9 heteroatoms. The van der Waals surface area contributed by atoms with Crippen molar-refractivity contribution >= 4 is 11.8 Å². The SMILES string of the molecule is Cc1cc([N+](=O)[O-])cnc1C(O)C(O)CCNC(=O)OCC1c2ccccc2-c2ccccc21. The number of aryl methyl sites for hydroxylation is 1. The van der Waals surface area contributed by atoms with Crippen LogP contribution in [0.3, 0.4) is 0 Å². The molecule has 1 aliphatic rings. The number of aliphatic hydroxyl groups is 2. The Morgan fingerprint density at radius 2 is 1.76 bits per heavy atom. The first kappa shape index (κ1) is 23.3. The minimum Gasteiger partial charge on any atom is -0.449 e. The lowest BCUT2D eigenvalue weighted by Gasteiger charge is -2.19. The molecule has 3 N–H and O–H groups in total. The van der Waals surface area contributed by atoms with E-state index in [0.29, 0.717) is 5.56 Å². The van der Waals surface area contributed by atoms with Gasteiger partial charge in [0.2, 0.25) is 0 Å². The number of carbonyl (C=O) groups is 1. The standard InChI is InChI=1S/C25H25N3O6/c1-15-12-16(28(32)33)13-27-23(15)24(30)22(29)10-11-26-25(31)34-14-21-19-8-4-2-6-17(19)18-7-3-5-9-20(18)21/h2-9,12-13,21-22,24,29-30H,10-11,14H2,1H3,(H,26,31). The minimum atomic E-state index is -1.34. The molecule has 9 nitrogen and oxygen atoms in total. The smallest absolute Gasteiger partial charge is 0.407 e. The fourth-order valence-corrected chi connectivity index (χ4v) is 4.29. The second kappa shape index (κ2) is 9.98. The van der Waals surface area contributed by atoms with Gasteiger partial charge < -0.3 is 20.3 Å². The van der Waals surface area contributed by atoms with Gasteiger partial charge in [0.15, 0.2) is 0 Å². The molecular weight excluding hydrogens is 438 g/mol. The van der Waals surface area contributed by atoms with Gasteiger partial charge >= 0.3 is 6.09 Å².